The summed E-state index contributed by atoms with van der Waals surface area (Å²) >= 11 is 1.62. The number of nitrogens with zero attached hydrogens (tertiary/aromatic N) is 1. The van der Waals surface area contributed by atoms with Crippen LogP contribution in [-0.2, 0) is 12.8 Å². The molecule has 2 rings (SSSR count). The zero-order chi connectivity index (χ0) is 10.5. The monoisotopic (exact) mass is 218 g/mol. The largest absolute Gasteiger partial charge is 0.327 e. The number of aromatic nitrogens is 1. The van der Waals surface area contributed by atoms with E-state index in [1.54, 1.807) is 11.3 Å². The molecule has 2 nitrogen and oxygen atoms in total. The fraction of sp³-hybridized carbons (Fsp3) is 0.250. The first-order chi connectivity index (χ1) is 7.34. The summed E-state index contributed by atoms with van der Waals surface area (Å²) in [7, 11) is 0. The molecule has 2 aromatic rings. The summed E-state index contributed by atoms with van der Waals surface area (Å²) in [6, 6.07) is 10.5. The minimum Gasteiger partial charge on any atom is -0.327 e. The Hall–Kier alpha value is -1.19. The lowest BCUT2D eigenvalue weighted by atomic mass is 10.0. The van der Waals surface area contributed by atoms with Crippen molar-refractivity contribution in [3.63, 3.8) is 0 Å². The number of nitrogens with two attached hydrogens (primary N) is 1. The van der Waals surface area contributed by atoms with E-state index in [1.807, 2.05) is 23.7 Å². The Labute approximate surface area is 93.8 Å². The Morgan fingerprint density at radius 3 is 2.67 bits per heavy atom. The molecule has 0 saturated carbocycles. The molecule has 0 aliphatic rings. The van der Waals surface area contributed by atoms with Gasteiger partial charge in [0.25, 0.3) is 0 Å². The molecule has 78 valence electrons. The molecule has 1 aromatic heterocycles. The topological polar surface area (TPSA) is 38.9 Å². The van der Waals surface area contributed by atoms with E-state index in [2.05, 4.69) is 22.5 Å². The maximum absolute atomic E-state index is 6.06. The summed E-state index contributed by atoms with van der Waals surface area (Å²) in [6.45, 7) is 0. The van der Waals surface area contributed by atoms with Crippen molar-refractivity contribution in [2.75, 3.05) is 0 Å². The van der Waals surface area contributed by atoms with Gasteiger partial charge < -0.3 is 5.73 Å². The third-order valence-electron chi connectivity index (χ3n) is 2.30. The summed E-state index contributed by atoms with van der Waals surface area (Å²) in [4.78, 5) is 4.24. The molecule has 0 saturated heterocycles. The highest BCUT2D eigenvalue weighted by molar-refractivity contribution is 7.07. The van der Waals surface area contributed by atoms with Gasteiger partial charge in [-0.15, -0.1) is 11.3 Å². The zero-order valence-electron chi connectivity index (χ0n) is 8.47. The Balaban J connectivity index is 1.90. The molecule has 0 bridgehead atoms. The van der Waals surface area contributed by atoms with Gasteiger partial charge in [-0.3, -0.25) is 0 Å². The molecule has 0 fully saturated rings. The number of thiazole rings is 1. The molecular weight excluding hydrogens is 204 g/mol. The van der Waals surface area contributed by atoms with E-state index >= 15 is 0 Å². The highest BCUT2D eigenvalue weighted by Gasteiger charge is 2.06. The van der Waals surface area contributed by atoms with Crippen LogP contribution in [0.15, 0.2) is 41.2 Å². The molecule has 1 atom stereocenters. The van der Waals surface area contributed by atoms with Crippen molar-refractivity contribution < 1.29 is 0 Å². The van der Waals surface area contributed by atoms with E-state index in [-0.39, 0.29) is 6.04 Å². The first kappa shape index (κ1) is 10.3. The summed E-state index contributed by atoms with van der Waals surface area (Å²) in [5, 5.41) is 2.06. The molecule has 15 heavy (non-hydrogen) atoms. The van der Waals surface area contributed by atoms with Crippen LogP contribution in [0.4, 0.5) is 0 Å². The lowest BCUT2D eigenvalue weighted by molar-refractivity contribution is 0.656. The van der Waals surface area contributed by atoms with Gasteiger partial charge in [0, 0.05) is 17.8 Å². The minimum absolute atomic E-state index is 0.162. The maximum Gasteiger partial charge on any atom is 0.0794 e. The molecule has 3 heteroatoms. The normalized spacial score (nSPS) is 12.6. The van der Waals surface area contributed by atoms with Gasteiger partial charge in [0.15, 0.2) is 0 Å². The number of benzene rings is 1. The predicted molar refractivity (Wildman–Crippen MR) is 63.9 cm³/mol. The van der Waals surface area contributed by atoms with Gasteiger partial charge >= 0.3 is 0 Å². The Morgan fingerprint density at radius 2 is 2.00 bits per heavy atom. The molecule has 2 N–H and O–H groups in total. The van der Waals surface area contributed by atoms with Gasteiger partial charge in [-0.2, -0.15) is 0 Å². The average Bonchev–Trinajstić information content (AvgIpc) is 2.71. The highest BCUT2D eigenvalue weighted by Crippen LogP contribution is 2.07. The lowest BCUT2D eigenvalue weighted by Crippen LogP contribution is -2.25. The van der Waals surface area contributed by atoms with Crippen LogP contribution >= 0.6 is 11.3 Å². The van der Waals surface area contributed by atoms with Crippen molar-refractivity contribution in [2.24, 2.45) is 5.73 Å². The van der Waals surface area contributed by atoms with Crippen molar-refractivity contribution in [2.45, 2.75) is 18.9 Å². The fourth-order valence-electron chi connectivity index (χ4n) is 1.60. The van der Waals surface area contributed by atoms with Gasteiger partial charge in [0.2, 0.25) is 0 Å². The van der Waals surface area contributed by atoms with Gasteiger partial charge in [0.05, 0.1) is 11.2 Å². The molecule has 1 aromatic carbocycles. The van der Waals surface area contributed by atoms with E-state index in [0.29, 0.717) is 0 Å². The van der Waals surface area contributed by atoms with Crippen LogP contribution in [0.25, 0.3) is 0 Å². The van der Waals surface area contributed by atoms with Gasteiger partial charge in [0.1, 0.15) is 0 Å². The second-order valence-electron chi connectivity index (χ2n) is 3.63. The summed E-state index contributed by atoms with van der Waals surface area (Å²) < 4.78 is 0. The second-order valence-corrected chi connectivity index (χ2v) is 4.35. The first-order valence-electron chi connectivity index (χ1n) is 5.01. The molecule has 0 aliphatic heterocycles. The average molecular weight is 218 g/mol. The second kappa shape index (κ2) is 5.05. The van der Waals surface area contributed by atoms with E-state index in [9.17, 15) is 0 Å². The van der Waals surface area contributed by atoms with Gasteiger partial charge in [-0.25, -0.2) is 4.98 Å². The fourth-order valence-corrected chi connectivity index (χ4v) is 2.17. The van der Waals surface area contributed by atoms with Crippen LogP contribution in [0, 0.1) is 0 Å². The molecule has 1 heterocycles. The van der Waals surface area contributed by atoms with Crippen LogP contribution in [-0.4, -0.2) is 11.0 Å². The lowest BCUT2D eigenvalue weighted by Gasteiger charge is -2.09. The van der Waals surface area contributed by atoms with Gasteiger partial charge in [-0.1, -0.05) is 30.3 Å². The first-order valence-corrected chi connectivity index (χ1v) is 5.95. The molecule has 0 unspecified atom stereocenters. The van der Waals surface area contributed by atoms with E-state index in [4.69, 9.17) is 5.73 Å². The third-order valence-corrected chi connectivity index (χ3v) is 2.93. The third kappa shape index (κ3) is 3.15. The van der Waals surface area contributed by atoms with Crippen molar-refractivity contribution in [3.05, 3.63) is 52.5 Å². The standard InChI is InChI=1S/C12H14N2S/c13-11(7-12-8-15-9-14-12)6-10-4-2-1-3-5-10/h1-5,8-9,11H,6-7,13H2/t11-/m1/s1. The molecule has 0 radical (unpaired) electrons. The predicted octanol–water partition coefficient (Wildman–Crippen LogP) is 2.26. The SMILES string of the molecule is N[C@H](Cc1ccccc1)Cc1cscn1. The van der Waals surface area contributed by atoms with Crippen molar-refractivity contribution >= 4 is 11.3 Å². The number of hydrogen-bond donors (Lipinski definition) is 1. The van der Waals surface area contributed by atoms with Crippen LogP contribution in [0.1, 0.15) is 11.3 Å². The van der Waals surface area contributed by atoms with Crippen LogP contribution in [0.5, 0.6) is 0 Å². The zero-order valence-corrected chi connectivity index (χ0v) is 9.28. The summed E-state index contributed by atoms with van der Waals surface area (Å²) in [5.74, 6) is 0. The molecule has 0 amide bonds. The van der Waals surface area contributed by atoms with E-state index in [0.717, 1.165) is 18.5 Å². The van der Waals surface area contributed by atoms with Crippen molar-refractivity contribution in [1.82, 2.24) is 4.98 Å². The molecular formula is C12H14N2S. The Kier molecular flexibility index (Phi) is 3.48. The highest BCUT2D eigenvalue weighted by atomic mass is 32.1. The maximum atomic E-state index is 6.06. The van der Waals surface area contributed by atoms with Crippen LogP contribution in [0.2, 0.25) is 0 Å². The van der Waals surface area contributed by atoms with E-state index in [1.165, 1.54) is 5.56 Å². The van der Waals surface area contributed by atoms with Crippen molar-refractivity contribution in [3.8, 4) is 0 Å². The van der Waals surface area contributed by atoms with Gasteiger partial charge in [-0.05, 0) is 12.0 Å². The molecule has 0 spiro atoms. The molecule has 0 aliphatic carbocycles. The summed E-state index contributed by atoms with van der Waals surface area (Å²) in [6.07, 6.45) is 1.77. The van der Waals surface area contributed by atoms with Crippen LogP contribution in [0.3, 0.4) is 0 Å². The Bertz CT molecular complexity index is 383. The van der Waals surface area contributed by atoms with Crippen LogP contribution < -0.4 is 5.73 Å². The smallest absolute Gasteiger partial charge is 0.0794 e. The Morgan fingerprint density at radius 1 is 1.20 bits per heavy atom. The summed E-state index contributed by atoms with van der Waals surface area (Å²) in [5.41, 5.74) is 10.3. The number of rotatable bonds is 4. The van der Waals surface area contributed by atoms with Crippen molar-refractivity contribution in [1.29, 1.82) is 0 Å². The minimum atomic E-state index is 0.162. The quantitative estimate of drug-likeness (QED) is 0.855. The number of hydrogen-bond acceptors (Lipinski definition) is 3. The van der Waals surface area contributed by atoms with E-state index < -0.39 is 0 Å².